The first kappa shape index (κ1) is 26.3. The van der Waals surface area contributed by atoms with E-state index in [-0.39, 0.29) is 36.4 Å². The number of benzene rings is 1. The fourth-order valence-corrected chi connectivity index (χ4v) is 4.72. The van der Waals surface area contributed by atoms with Crippen LogP contribution in [0.15, 0.2) is 35.3 Å². The fourth-order valence-electron chi connectivity index (χ4n) is 4.72. The first-order valence-corrected chi connectivity index (χ1v) is 11.8. The van der Waals surface area contributed by atoms with Gasteiger partial charge in [-0.05, 0) is 38.6 Å². The number of carboxylic acid groups (broad SMARTS) is 1. The third-order valence-corrected chi connectivity index (χ3v) is 7.01. The number of piperazine rings is 1. The molecule has 0 saturated carbocycles. The maximum absolute atomic E-state index is 15.4. The number of carbonyl (C=O) groups excluding carboxylic acids is 1. The molecular formula is C25H28F3N5O4. The molecule has 1 saturated heterocycles. The van der Waals surface area contributed by atoms with Crippen molar-refractivity contribution >= 4 is 28.9 Å². The molecule has 2 aromatic rings. The maximum atomic E-state index is 15.4. The van der Waals surface area contributed by atoms with E-state index in [9.17, 15) is 28.3 Å². The number of carbonyl (C=O) groups is 2. The molecule has 9 nitrogen and oxygen atoms in total. The number of alkyl halides is 2. The van der Waals surface area contributed by atoms with Gasteiger partial charge in [0.05, 0.1) is 16.9 Å². The molecule has 0 aliphatic carbocycles. The van der Waals surface area contributed by atoms with Crippen LogP contribution in [0, 0.1) is 5.82 Å². The van der Waals surface area contributed by atoms with Crippen LogP contribution >= 0.6 is 0 Å². The highest BCUT2D eigenvalue weighted by Crippen LogP contribution is 2.36. The summed E-state index contributed by atoms with van der Waals surface area (Å²) in [4.78, 5) is 43.5. The summed E-state index contributed by atoms with van der Waals surface area (Å²) in [6.07, 6.45) is -1.69. The number of halogens is 3. The lowest BCUT2D eigenvalue weighted by molar-refractivity contribution is 0.101. The van der Waals surface area contributed by atoms with E-state index < -0.39 is 40.9 Å². The Morgan fingerprint density at radius 2 is 1.84 bits per heavy atom. The van der Waals surface area contributed by atoms with Crippen molar-refractivity contribution in [2.45, 2.75) is 32.4 Å². The molecule has 1 fully saturated rings. The highest BCUT2D eigenvalue weighted by Gasteiger charge is 2.30. The van der Waals surface area contributed by atoms with Gasteiger partial charge in [0, 0.05) is 61.7 Å². The summed E-state index contributed by atoms with van der Waals surface area (Å²) in [5.74, 6) is -1.49. The summed E-state index contributed by atoms with van der Waals surface area (Å²) < 4.78 is 42.6. The number of hydrogen-bond acceptors (Lipinski definition) is 5. The lowest BCUT2D eigenvalue weighted by Gasteiger charge is -2.44. The second kappa shape index (κ2) is 10.3. The smallest absolute Gasteiger partial charge is 0.407 e. The average molecular weight is 520 g/mol. The van der Waals surface area contributed by atoms with Gasteiger partial charge >= 0.3 is 6.09 Å². The molecule has 0 radical (unpaired) electrons. The van der Waals surface area contributed by atoms with Gasteiger partial charge in [-0.25, -0.2) is 18.0 Å². The molecule has 2 amide bonds. The Hall–Kier alpha value is -3.80. The van der Waals surface area contributed by atoms with Crippen LogP contribution in [0.4, 0.5) is 29.3 Å². The van der Waals surface area contributed by atoms with Gasteiger partial charge in [0.1, 0.15) is 5.82 Å². The Labute approximate surface area is 211 Å². The van der Waals surface area contributed by atoms with E-state index in [0.29, 0.717) is 30.4 Å². The lowest BCUT2D eigenvalue weighted by Crippen LogP contribution is -2.55. The van der Waals surface area contributed by atoms with Gasteiger partial charge in [-0.15, -0.1) is 0 Å². The summed E-state index contributed by atoms with van der Waals surface area (Å²) in [5, 5.41) is 11.9. The van der Waals surface area contributed by atoms with E-state index in [0.717, 1.165) is 11.1 Å². The van der Waals surface area contributed by atoms with Gasteiger partial charge in [-0.2, -0.15) is 0 Å². The van der Waals surface area contributed by atoms with Crippen LogP contribution in [0.3, 0.4) is 0 Å². The monoisotopic (exact) mass is 519 g/mol. The lowest BCUT2D eigenvalue weighted by atomic mass is 10.0. The normalized spacial score (nSPS) is 20.4. The van der Waals surface area contributed by atoms with Crippen LogP contribution < -0.4 is 15.8 Å². The Bertz CT molecular complexity index is 1300. The van der Waals surface area contributed by atoms with E-state index in [2.05, 4.69) is 15.2 Å². The summed E-state index contributed by atoms with van der Waals surface area (Å²) >= 11 is 0. The summed E-state index contributed by atoms with van der Waals surface area (Å²) in [7, 11) is 1.99. The van der Waals surface area contributed by atoms with Gasteiger partial charge < -0.3 is 25.2 Å². The number of nitrogens with zero attached hydrogens (tertiary/aromatic N) is 3. The zero-order valence-electron chi connectivity index (χ0n) is 20.6. The molecule has 0 bridgehead atoms. The minimum absolute atomic E-state index is 0.0307. The molecule has 198 valence electrons. The topological polar surface area (TPSA) is 109 Å². The molecule has 3 heterocycles. The summed E-state index contributed by atoms with van der Waals surface area (Å²) in [6, 6.07) is 3.58. The van der Waals surface area contributed by atoms with Gasteiger partial charge in [0.25, 0.3) is 12.3 Å². The van der Waals surface area contributed by atoms with Crippen molar-refractivity contribution in [2.75, 3.05) is 43.4 Å². The first-order chi connectivity index (χ1) is 17.5. The third-order valence-electron chi connectivity index (χ3n) is 7.01. The van der Waals surface area contributed by atoms with E-state index in [1.165, 1.54) is 12.1 Å². The van der Waals surface area contributed by atoms with Crippen LogP contribution in [0.25, 0.3) is 5.57 Å². The molecule has 2 atom stereocenters. The highest BCUT2D eigenvalue weighted by molar-refractivity contribution is 6.07. The Balaban J connectivity index is 1.76. The third kappa shape index (κ3) is 5.33. The van der Waals surface area contributed by atoms with Crippen LogP contribution in [0.1, 0.15) is 41.8 Å². The number of H-pyrrole nitrogens is 1. The van der Waals surface area contributed by atoms with Gasteiger partial charge in [-0.1, -0.05) is 6.08 Å². The molecule has 2 aliphatic heterocycles. The van der Waals surface area contributed by atoms with Crippen molar-refractivity contribution < 1.29 is 27.9 Å². The SMILES string of the molecule is C[C@@H]1CN(c2cc(F)c(C3=CCN(C(=O)O)C3)cc2NC(=O)c2c[nH]c(=O)cc2C(F)F)C[C@H](C)N1C. The van der Waals surface area contributed by atoms with E-state index >= 15 is 4.39 Å². The van der Waals surface area contributed by atoms with Gasteiger partial charge in [0.2, 0.25) is 5.56 Å². The largest absolute Gasteiger partial charge is 0.465 e. The molecule has 0 unspecified atom stereocenters. The van der Waals surface area contributed by atoms with E-state index in [1.807, 2.05) is 25.8 Å². The number of amides is 2. The molecule has 1 aromatic carbocycles. The predicted molar refractivity (Wildman–Crippen MR) is 133 cm³/mol. The van der Waals surface area contributed by atoms with Crippen molar-refractivity contribution in [3.63, 3.8) is 0 Å². The number of anilines is 2. The van der Waals surface area contributed by atoms with Crippen LogP contribution in [-0.4, -0.2) is 77.2 Å². The fraction of sp³-hybridized carbons (Fsp3) is 0.400. The second-order valence-corrected chi connectivity index (χ2v) is 9.43. The number of hydrogen-bond donors (Lipinski definition) is 3. The van der Waals surface area contributed by atoms with Crippen molar-refractivity contribution in [1.29, 1.82) is 0 Å². The quantitative estimate of drug-likeness (QED) is 0.557. The summed E-state index contributed by atoms with van der Waals surface area (Å²) in [5.41, 5.74) is -0.808. The Morgan fingerprint density at radius 3 is 2.43 bits per heavy atom. The Kier molecular flexibility index (Phi) is 7.30. The summed E-state index contributed by atoms with van der Waals surface area (Å²) in [6.45, 7) is 5.15. The number of rotatable bonds is 5. The van der Waals surface area contributed by atoms with Crippen molar-refractivity contribution in [2.24, 2.45) is 0 Å². The minimum Gasteiger partial charge on any atom is -0.465 e. The highest BCUT2D eigenvalue weighted by atomic mass is 19.3. The molecule has 1 aromatic heterocycles. The zero-order valence-corrected chi connectivity index (χ0v) is 20.6. The standard InChI is InChI=1S/C25H28F3N5O4/c1-13-10-33(11-14(2)31(13)3)21-8-19(26)16(15-4-5-32(12-15)25(36)37)6-20(21)30-24(35)18-9-29-22(34)7-17(18)23(27)28/h4,6-9,13-14,23H,5,10-12H2,1-3H3,(H,29,34)(H,30,35)(H,36,37)/t13-,14+. The number of aromatic amines is 1. The Morgan fingerprint density at radius 1 is 1.16 bits per heavy atom. The average Bonchev–Trinajstić information content (AvgIpc) is 3.33. The molecule has 0 spiro atoms. The first-order valence-electron chi connectivity index (χ1n) is 11.8. The van der Waals surface area contributed by atoms with Crippen molar-refractivity contribution in [3.05, 3.63) is 63.3 Å². The van der Waals surface area contributed by atoms with Crippen molar-refractivity contribution in [1.82, 2.24) is 14.8 Å². The number of pyridine rings is 1. The molecule has 4 rings (SSSR count). The van der Waals surface area contributed by atoms with Crippen LogP contribution in [-0.2, 0) is 0 Å². The van der Waals surface area contributed by atoms with Crippen LogP contribution in [0.5, 0.6) is 0 Å². The zero-order chi connectivity index (χ0) is 27.0. The van der Waals surface area contributed by atoms with E-state index in [4.69, 9.17) is 0 Å². The van der Waals surface area contributed by atoms with E-state index in [1.54, 1.807) is 6.08 Å². The maximum Gasteiger partial charge on any atom is 0.407 e. The number of aromatic nitrogens is 1. The van der Waals surface area contributed by atoms with Crippen LogP contribution in [0.2, 0.25) is 0 Å². The van der Waals surface area contributed by atoms with Gasteiger partial charge in [-0.3, -0.25) is 14.5 Å². The van der Waals surface area contributed by atoms with Gasteiger partial charge in [0.15, 0.2) is 0 Å². The number of nitrogens with one attached hydrogen (secondary N) is 2. The number of likely N-dealkylation sites (N-methyl/N-ethyl adjacent to an activating group) is 1. The molecular weight excluding hydrogens is 491 g/mol. The molecule has 3 N–H and O–H groups in total. The molecule has 2 aliphatic rings. The molecule has 12 heteroatoms. The second-order valence-electron chi connectivity index (χ2n) is 9.43. The van der Waals surface area contributed by atoms with Crippen molar-refractivity contribution in [3.8, 4) is 0 Å². The predicted octanol–water partition coefficient (Wildman–Crippen LogP) is 3.61. The minimum atomic E-state index is -3.06. The molecule has 37 heavy (non-hydrogen) atoms.